The Morgan fingerprint density at radius 1 is 0.553 bits per heavy atom. The fourth-order valence-corrected chi connectivity index (χ4v) is 4.45. The van der Waals surface area contributed by atoms with Crippen molar-refractivity contribution in [3.8, 4) is 11.1 Å². The number of nitrogens with two attached hydrogens (primary N) is 2. The lowest BCUT2D eigenvalue weighted by molar-refractivity contribution is 0.104. The van der Waals surface area contributed by atoms with Gasteiger partial charge in [-0.1, -0.05) is 115 Å². The third-order valence-electron chi connectivity index (χ3n) is 6.67. The third-order valence-corrected chi connectivity index (χ3v) is 6.67. The van der Waals surface area contributed by atoms with Crippen LogP contribution < -0.4 is 11.5 Å². The van der Waals surface area contributed by atoms with E-state index in [1.807, 2.05) is 54.6 Å². The lowest BCUT2D eigenvalue weighted by Gasteiger charge is -2.08. The highest BCUT2D eigenvalue weighted by atomic mass is 16.1. The Morgan fingerprint density at radius 2 is 1.05 bits per heavy atom. The van der Waals surface area contributed by atoms with Gasteiger partial charge in [-0.3, -0.25) is 4.79 Å². The first-order chi connectivity index (χ1) is 18.5. The fourth-order valence-electron chi connectivity index (χ4n) is 4.45. The number of hydrogen-bond donors (Lipinski definition) is 2. The Hall–Kier alpha value is -4.89. The molecule has 0 aromatic heterocycles. The molecule has 4 N–H and O–H groups in total. The molecule has 0 aliphatic heterocycles. The van der Waals surface area contributed by atoms with Crippen LogP contribution in [0.2, 0.25) is 0 Å². The first-order valence-electron chi connectivity index (χ1n) is 12.7. The van der Waals surface area contributed by atoms with Gasteiger partial charge in [0.1, 0.15) is 0 Å². The Bertz CT molecular complexity index is 1550. The molecule has 0 saturated heterocycles. The molecule has 0 amide bonds. The lowest BCUT2D eigenvalue weighted by atomic mass is 9.98. The number of nitrogen functional groups attached to an aromatic ring is 2. The average Bonchev–Trinajstić information content (AvgIpc) is 2.96. The summed E-state index contributed by atoms with van der Waals surface area (Å²) in [6.45, 7) is 0. The van der Waals surface area contributed by atoms with Gasteiger partial charge in [-0.15, -0.1) is 0 Å². The van der Waals surface area contributed by atoms with Crippen molar-refractivity contribution in [2.24, 2.45) is 0 Å². The minimum absolute atomic E-state index is 0.0106. The van der Waals surface area contributed by atoms with Crippen LogP contribution in [0.5, 0.6) is 0 Å². The van der Waals surface area contributed by atoms with E-state index in [-0.39, 0.29) is 5.78 Å². The minimum atomic E-state index is 0.0106. The molecule has 5 rings (SSSR count). The Labute approximate surface area is 224 Å². The summed E-state index contributed by atoms with van der Waals surface area (Å²) in [4.78, 5) is 12.3. The maximum Gasteiger partial charge on any atom is 0.185 e. The quantitative estimate of drug-likeness (QED) is 0.133. The molecule has 0 aliphatic carbocycles. The number of carbonyl (C=O) groups is 1. The van der Waals surface area contributed by atoms with E-state index in [1.165, 1.54) is 27.8 Å². The zero-order valence-corrected chi connectivity index (χ0v) is 21.2. The molecule has 0 bridgehead atoms. The molecule has 186 valence electrons. The van der Waals surface area contributed by atoms with Crippen molar-refractivity contribution < 1.29 is 4.79 Å². The summed E-state index contributed by atoms with van der Waals surface area (Å²) in [5, 5.41) is 0. The van der Waals surface area contributed by atoms with Crippen molar-refractivity contribution in [1.82, 2.24) is 0 Å². The van der Waals surface area contributed by atoms with Crippen LogP contribution >= 0.6 is 0 Å². The van der Waals surface area contributed by atoms with E-state index in [1.54, 1.807) is 6.08 Å². The summed E-state index contributed by atoms with van der Waals surface area (Å²) in [5.41, 5.74) is 22.0. The van der Waals surface area contributed by atoms with Crippen LogP contribution in [0.15, 0.2) is 127 Å². The van der Waals surface area contributed by atoms with E-state index in [9.17, 15) is 4.79 Å². The van der Waals surface area contributed by atoms with E-state index in [0.29, 0.717) is 16.9 Å². The predicted octanol–water partition coefficient (Wildman–Crippen LogP) is 7.60. The van der Waals surface area contributed by atoms with Crippen molar-refractivity contribution in [1.29, 1.82) is 0 Å². The minimum Gasteiger partial charge on any atom is -0.397 e. The van der Waals surface area contributed by atoms with Gasteiger partial charge in [0.05, 0.1) is 11.4 Å². The van der Waals surface area contributed by atoms with Crippen LogP contribution in [0.3, 0.4) is 0 Å². The number of allylic oxidation sites excluding steroid dienone is 1. The standard InChI is InChI=1S/C35H30N2O/c36-33-20-14-29(24-34(33)37)23-28-12-18-31(19-13-28)30-16-10-27(11-17-30)22-26-8-6-25(7-9-26)15-21-35(38)32-4-2-1-3-5-32/h1-21,24H,22-23,36-37H2/b21-15+. The summed E-state index contributed by atoms with van der Waals surface area (Å²) < 4.78 is 0. The van der Waals surface area contributed by atoms with Gasteiger partial charge < -0.3 is 11.5 Å². The van der Waals surface area contributed by atoms with Gasteiger partial charge in [0, 0.05) is 5.56 Å². The molecule has 0 unspecified atom stereocenters. The molecule has 0 aliphatic rings. The summed E-state index contributed by atoms with van der Waals surface area (Å²) >= 11 is 0. The molecule has 0 spiro atoms. The first kappa shape index (κ1) is 24.8. The molecular weight excluding hydrogens is 464 g/mol. The van der Waals surface area contributed by atoms with Gasteiger partial charge in [0.15, 0.2) is 5.78 Å². The monoisotopic (exact) mass is 494 g/mol. The molecule has 0 fully saturated rings. The smallest absolute Gasteiger partial charge is 0.185 e. The summed E-state index contributed by atoms with van der Waals surface area (Å²) in [6, 6.07) is 40.9. The van der Waals surface area contributed by atoms with Crippen molar-refractivity contribution in [2.45, 2.75) is 12.8 Å². The maximum absolute atomic E-state index is 12.3. The number of carbonyl (C=O) groups excluding carboxylic acids is 1. The summed E-state index contributed by atoms with van der Waals surface area (Å²) in [6.07, 6.45) is 5.17. The van der Waals surface area contributed by atoms with Crippen LogP contribution in [0.1, 0.15) is 38.2 Å². The van der Waals surface area contributed by atoms with Gasteiger partial charge in [-0.05, 0) is 70.0 Å². The van der Waals surface area contributed by atoms with E-state index < -0.39 is 0 Å². The van der Waals surface area contributed by atoms with E-state index in [0.717, 1.165) is 24.0 Å². The van der Waals surface area contributed by atoms with Crippen molar-refractivity contribution in [3.63, 3.8) is 0 Å². The van der Waals surface area contributed by atoms with Crippen LogP contribution in [0.4, 0.5) is 11.4 Å². The van der Waals surface area contributed by atoms with Crippen molar-refractivity contribution >= 4 is 23.2 Å². The highest BCUT2D eigenvalue weighted by Gasteiger charge is 2.04. The molecule has 5 aromatic carbocycles. The Balaban J connectivity index is 1.18. The summed E-state index contributed by atoms with van der Waals surface area (Å²) in [7, 11) is 0. The third kappa shape index (κ3) is 6.26. The van der Waals surface area contributed by atoms with E-state index in [4.69, 9.17) is 11.5 Å². The molecule has 5 aromatic rings. The second-order valence-electron chi connectivity index (χ2n) is 9.52. The van der Waals surface area contributed by atoms with Gasteiger partial charge in [-0.25, -0.2) is 0 Å². The highest BCUT2D eigenvalue weighted by molar-refractivity contribution is 6.06. The normalized spacial score (nSPS) is 11.1. The van der Waals surface area contributed by atoms with Crippen LogP contribution in [0, 0.1) is 0 Å². The summed E-state index contributed by atoms with van der Waals surface area (Å²) in [5.74, 6) is 0.0106. The number of anilines is 2. The fraction of sp³-hybridized carbons (Fsp3) is 0.0571. The molecule has 0 radical (unpaired) electrons. The van der Waals surface area contributed by atoms with Crippen LogP contribution in [-0.4, -0.2) is 5.78 Å². The molecule has 0 atom stereocenters. The molecule has 3 nitrogen and oxygen atoms in total. The molecule has 0 heterocycles. The Kier molecular flexibility index (Phi) is 7.47. The highest BCUT2D eigenvalue weighted by Crippen LogP contribution is 2.24. The number of rotatable bonds is 8. The predicted molar refractivity (Wildman–Crippen MR) is 159 cm³/mol. The van der Waals surface area contributed by atoms with Gasteiger partial charge in [0.25, 0.3) is 0 Å². The second kappa shape index (κ2) is 11.4. The van der Waals surface area contributed by atoms with Gasteiger partial charge in [-0.2, -0.15) is 0 Å². The molecule has 3 heteroatoms. The maximum atomic E-state index is 12.3. The zero-order chi connectivity index (χ0) is 26.3. The number of ketones is 1. The Morgan fingerprint density at radius 3 is 1.61 bits per heavy atom. The number of benzene rings is 5. The number of hydrogen-bond acceptors (Lipinski definition) is 3. The largest absolute Gasteiger partial charge is 0.397 e. The van der Waals surface area contributed by atoms with E-state index >= 15 is 0 Å². The molecule has 0 saturated carbocycles. The molecular formula is C35H30N2O. The first-order valence-corrected chi connectivity index (χ1v) is 12.7. The van der Waals surface area contributed by atoms with Crippen LogP contribution in [0.25, 0.3) is 17.2 Å². The van der Waals surface area contributed by atoms with E-state index in [2.05, 4.69) is 72.8 Å². The van der Waals surface area contributed by atoms with Crippen molar-refractivity contribution in [2.75, 3.05) is 11.5 Å². The topological polar surface area (TPSA) is 69.1 Å². The average molecular weight is 495 g/mol. The SMILES string of the molecule is Nc1ccc(Cc2ccc(-c3ccc(Cc4ccc(/C=C/C(=O)c5ccccc5)cc4)cc3)cc2)cc1N. The lowest BCUT2D eigenvalue weighted by Crippen LogP contribution is -1.96. The van der Waals surface area contributed by atoms with Gasteiger partial charge in [0.2, 0.25) is 0 Å². The zero-order valence-electron chi connectivity index (χ0n) is 21.2. The second-order valence-corrected chi connectivity index (χ2v) is 9.52. The molecule has 38 heavy (non-hydrogen) atoms. The van der Waals surface area contributed by atoms with Crippen LogP contribution in [-0.2, 0) is 12.8 Å². The van der Waals surface area contributed by atoms with Gasteiger partial charge >= 0.3 is 0 Å². The van der Waals surface area contributed by atoms with Crippen molar-refractivity contribution in [3.05, 3.63) is 161 Å².